The molecule has 0 unspecified atom stereocenters. The van der Waals surface area contributed by atoms with Crippen molar-refractivity contribution in [1.29, 1.82) is 0 Å². The van der Waals surface area contributed by atoms with Gasteiger partial charge in [-0.1, -0.05) is 54.6 Å². The van der Waals surface area contributed by atoms with E-state index in [4.69, 9.17) is 15.0 Å². The van der Waals surface area contributed by atoms with E-state index in [0.717, 1.165) is 83.0 Å². The fourth-order valence-corrected chi connectivity index (χ4v) is 5.79. The molecule has 0 atom stereocenters. The lowest BCUT2D eigenvalue weighted by Gasteiger charge is -2.31. The van der Waals surface area contributed by atoms with Gasteiger partial charge >= 0.3 is 0 Å². The van der Waals surface area contributed by atoms with Crippen LogP contribution < -0.4 is 0 Å². The zero-order chi connectivity index (χ0) is 24.6. The average Bonchev–Trinajstić information content (AvgIpc) is 3.62. The molecular weight excluding hydrogens is 478 g/mol. The van der Waals surface area contributed by atoms with Crippen LogP contribution >= 0.6 is 11.3 Å². The van der Waals surface area contributed by atoms with Crippen molar-refractivity contribution < 1.29 is 0 Å². The van der Waals surface area contributed by atoms with Crippen LogP contribution in [0.5, 0.6) is 0 Å². The van der Waals surface area contributed by atoms with Gasteiger partial charge in [-0.15, -0.1) is 11.3 Å². The molecule has 0 spiro atoms. The van der Waals surface area contributed by atoms with Gasteiger partial charge in [0.25, 0.3) is 0 Å². The molecule has 0 amide bonds. The van der Waals surface area contributed by atoms with Crippen molar-refractivity contribution in [3.05, 3.63) is 89.3 Å². The second kappa shape index (κ2) is 9.46. The highest BCUT2D eigenvalue weighted by Gasteiger charge is 2.23. The number of nitrogens with zero attached hydrogens (tertiary/aromatic N) is 6. The standard InChI is InChI=1S/C29H25N7S/c1-2-4-20(5-3-1)26-27(34-25-17-37-16-24(25)33-26)21-8-6-19(7-9-21)15-36-12-10-22(11-13-36)28-30-14-23-29(35-28)32-18-31-23/h1-9,14,16-18,22H,10-13,15H2,(H,30,31,32,35). The minimum atomic E-state index is 0.397. The third-order valence-electron chi connectivity index (χ3n) is 7.14. The van der Waals surface area contributed by atoms with Gasteiger partial charge in [-0.2, -0.15) is 0 Å². The molecule has 182 valence electrons. The minimum absolute atomic E-state index is 0.397. The molecule has 37 heavy (non-hydrogen) atoms. The van der Waals surface area contributed by atoms with E-state index in [9.17, 15) is 0 Å². The lowest BCUT2D eigenvalue weighted by atomic mass is 9.95. The van der Waals surface area contributed by atoms with Crippen molar-refractivity contribution >= 4 is 33.5 Å². The predicted octanol–water partition coefficient (Wildman–Crippen LogP) is 6.07. The Morgan fingerprint density at radius 1 is 0.784 bits per heavy atom. The van der Waals surface area contributed by atoms with E-state index in [1.165, 1.54) is 5.56 Å². The van der Waals surface area contributed by atoms with E-state index in [-0.39, 0.29) is 0 Å². The third kappa shape index (κ3) is 4.39. The molecule has 4 aromatic heterocycles. The first-order chi connectivity index (χ1) is 18.3. The molecule has 1 aliphatic heterocycles. The van der Waals surface area contributed by atoms with Crippen LogP contribution in [0.25, 0.3) is 44.7 Å². The van der Waals surface area contributed by atoms with Crippen molar-refractivity contribution in [2.24, 2.45) is 0 Å². The Balaban J connectivity index is 1.07. The van der Waals surface area contributed by atoms with Crippen molar-refractivity contribution in [3.8, 4) is 22.5 Å². The van der Waals surface area contributed by atoms with E-state index >= 15 is 0 Å². The lowest BCUT2D eigenvalue weighted by molar-refractivity contribution is 0.202. The van der Waals surface area contributed by atoms with Crippen molar-refractivity contribution in [2.45, 2.75) is 25.3 Å². The van der Waals surface area contributed by atoms with Gasteiger partial charge < -0.3 is 4.98 Å². The summed E-state index contributed by atoms with van der Waals surface area (Å²) < 4.78 is 0. The van der Waals surface area contributed by atoms with E-state index in [1.54, 1.807) is 17.7 Å². The second-order valence-electron chi connectivity index (χ2n) is 9.54. The molecule has 7 rings (SSSR count). The quantitative estimate of drug-likeness (QED) is 0.307. The summed E-state index contributed by atoms with van der Waals surface area (Å²) in [7, 11) is 0. The van der Waals surface area contributed by atoms with Crippen LogP contribution in [-0.4, -0.2) is 47.9 Å². The lowest BCUT2D eigenvalue weighted by Crippen LogP contribution is -2.33. The van der Waals surface area contributed by atoms with Crippen molar-refractivity contribution in [2.75, 3.05) is 13.1 Å². The monoisotopic (exact) mass is 503 g/mol. The second-order valence-corrected chi connectivity index (χ2v) is 10.3. The highest BCUT2D eigenvalue weighted by atomic mass is 32.1. The van der Waals surface area contributed by atoms with Gasteiger partial charge in [-0.3, -0.25) is 4.90 Å². The molecule has 0 saturated carbocycles. The Kier molecular flexibility index (Phi) is 5.68. The summed E-state index contributed by atoms with van der Waals surface area (Å²) in [5.41, 5.74) is 8.88. The average molecular weight is 504 g/mol. The molecule has 0 aliphatic carbocycles. The smallest absolute Gasteiger partial charge is 0.160 e. The molecule has 0 bridgehead atoms. The number of likely N-dealkylation sites (tertiary alicyclic amines) is 1. The van der Waals surface area contributed by atoms with Crippen LogP contribution in [0, 0.1) is 0 Å². The number of hydrogen-bond acceptors (Lipinski definition) is 7. The highest BCUT2D eigenvalue weighted by molar-refractivity contribution is 7.09. The molecule has 1 N–H and O–H groups in total. The zero-order valence-electron chi connectivity index (χ0n) is 20.2. The van der Waals surface area contributed by atoms with Gasteiger partial charge in [0.2, 0.25) is 0 Å². The Hall–Kier alpha value is -4.01. The van der Waals surface area contributed by atoms with E-state index in [1.807, 2.05) is 24.4 Å². The number of aromatic amines is 1. The molecule has 2 aromatic carbocycles. The predicted molar refractivity (Wildman–Crippen MR) is 147 cm³/mol. The number of thiophene rings is 1. The van der Waals surface area contributed by atoms with Crippen LogP contribution in [0.2, 0.25) is 0 Å². The maximum absolute atomic E-state index is 5.00. The van der Waals surface area contributed by atoms with Crippen molar-refractivity contribution in [3.63, 3.8) is 0 Å². The van der Waals surface area contributed by atoms with Crippen LogP contribution in [0.15, 0.2) is 77.9 Å². The topological polar surface area (TPSA) is 83.5 Å². The number of nitrogens with one attached hydrogen (secondary N) is 1. The molecule has 5 heterocycles. The normalized spacial score (nSPS) is 15.0. The summed E-state index contributed by atoms with van der Waals surface area (Å²) in [5.74, 6) is 1.33. The first kappa shape index (κ1) is 22.2. The van der Waals surface area contributed by atoms with Gasteiger partial charge in [0.1, 0.15) is 22.4 Å². The summed E-state index contributed by atoms with van der Waals surface area (Å²) in [6.07, 6.45) is 5.63. The summed E-state index contributed by atoms with van der Waals surface area (Å²) in [6, 6.07) is 19.1. The SMILES string of the molecule is c1ccc(-c2nc3cscc3nc2-c2ccc(CN3CCC(c4ncc5nc[nH]c5n4)CC3)cc2)cc1. The number of piperidine rings is 1. The number of hydrogen-bond donors (Lipinski definition) is 1. The molecule has 1 saturated heterocycles. The molecule has 8 heteroatoms. The van der Waals surface area contributed by atoms with Crippen LogP contribution in [0.4, 0.5) is 0 Å². The summed E-state index contributed by atoms with van der Waals surface area (Å²) >= 11 is 1.64. The van der Waals surface area contributed by atoms with Gasteiger partial charge in [-0.25, -0.2) is 24.9 Å². The van der Waals surface area contributed by atoms with Gasteiger partial charge in [-0.05, 0) is 31.5 Å². The van der Waals surface area contributed by atoms with E-state index < -0.39 is 0 Å². The number of aromatic nitrogens is 6. The first-order valence-electron chi connectivity index (χ1n) is 12.6. The molecule has 1 fully saturated rings. The maximum Gasteiger partial charge on any atom is 0.160 e. The fourth-order valence-electron chi connectivity index (χ4n) is 5.12. The number of fused-ring (bicyclic) bond motifs is 2. The van der Waals surface area contributed by atoms with Gasteiger partial charge in [0, 0.05) is 34.3 Å². The first-order valence-corrected chi connectivity index (χ1v) is 13.5. The third-order valence-corrected chi connectivity index (χ3v) is 7.86. The molecule has 6 aromatic rings. The van der Waals surface area contributed by atoms with Gasteiger partial charge in [0.05, 0.1) is 23.9 Å². The van der Waals surface area contributed by atoms with Gasteiger partial charge in [0.15, 0.2) is 5.65 Å². The molecule has 1 aliphatic rings. The fraction of sp³-hybridized carbons (Fsp3) is 0.207. The highest BCUT2D eigenvalue weighted by Crippen LogP contribution is 2.32. The number of H-pyrrole nitrogens is 1. The molecule has 7 nitrogen and oxygen atoms in total. The van der Waals surface area contributed by atoms with E-state index in [2.05, 4.69) is 67.0 Å². The van der Waals surface area contributed by atoms with Crippen LogP contribution in [0.3, 0.4) is 0 Å². The Morgan fingerprint density at radius 3 is 2.22 bits per heavy atom. The largest absolute Gasteiger partial charge is 0.329 e. The Labute approximate surface area is 218 Å². The van der Waals surface area contributed by atoms with E-state index in [0.29, 0.717) is 5.92 Å². The molecular formula is C29H25N7S. The Bertz CT molecular complexity index is 1670. The zero-order valence-corrected chi connectivity index (χ0v) is 21.0. The minimum Gasteiger partial charge on any atom is -0.329 e. The maximum atomic E-state index is 5.00. The Morgan fingerprint density at radius 2 is 1.49 bits per heavy atom. The number of rotatable bonds is 5. The van der Waals surface area contributed by atoms with Crippen molar-refractivity contribution in [1.82, 2.24) is 34.8 Å². The summed E-state index contributed by atoms with van der Waals surface area (Å²) in [4.78, 5) is 29.1. The summed E-state index contributed by atoms with van der Waals surface area (Å²) in [5, 5.41) is 4.13. The number of imidazole rings is 1. The molecule has 0 radical (unpaired) electrons. The van der Waals surface area contributed by atoms with Crippen LogP contribution in [-0.2, 0) is 6.54 Å². The summed E-state index contributed by atoms with van der Waals surface area (Å²) in [6.45, 7) is 3.01. The number of benzene rings is 2. The van der Waals surface area contributed by atoms with Crippen LogP contribution in [0.1, 0.15) is 30.1 Å².